The molecule has 132 valence electrons. The number of phenolic OH excluding ortho intramolecular Hbond substituents is 2. The summed E-state index contributed by atoms with van der Waals surface area (Å²) >= 11 is 0. The predicted octanol–water partition coefficient (Wildman–Crippen LogP) is 4.37. The fourth-order valence-corrected chi connectivity index (χ4v) is 3.43. The van der Waals surface area contributed by atoms with E-state index in [9.17, 15) is 10.2 Å². The molecule has 0 unspecified atom stereocenters. The number of fused-ring (bicyclic) bond motifs is 1. The third-order valence-corrected chi connectivity index (χ3v) is 4.68. The maximum atomic E-state index is 9.89. The first-order valence-electron chi connectivity index (χ1n) is 8.73. The van der Waals surface area contributed by atoms with Crippen molar-refractivity contribution in [2.45, 2.75) is 26.3 Å². The number of phenols is 2. The highest BCUT2D eigenvalue weighted by atomic mass is 16.3. The Morgan fingerprint density at radius 2 is 1.60 bits per heavy atom. The topological polar surface area (TPSA) is 48.6 Å². The minimum Gasteiger partial charge on any atom is -0.508 e. The summed E-state index contributed by atoms with van der Waals surface area (Å²) in [6.45, 7) is 4.10. The highest BCUT2D eigenvalue weighted by Gasteiger charge is 2.16. The Kier molecular flexibility index (Phi) is 5.00. The molecule has 2 N–H and O–H groups in total. The average Bonchev–Trinajstić information content (AvgIpc) is 2.84. The van der Waals surface area contributed by atoms with Crippen molar-refractivity contribution in [1.29, 1.82) is 0 Å². The summed E-state index contributed by atoms with van der Waals surface area (Å²) in [6, 6.07) is 12.9. The van der Waals surface area contributed by atoms with Crippen LogP contribution >= 0.6 is 0 Å². The molecule has 0 amide bonds. The molecule has 0 aliphatic rings. The third kappa shape index (κ3) is 3.64. The second-order valence-electron chi connectivity index (χ2n) is 6.88. The Labute approximate surface area is 148 Å². The van der Waals surface area contributed by atoms with Crippen molar-refractivity contribution < 1.29 is 10.2 Å². The summed E-state index contributed by atoms with van der Waals surface area (Å²) in [5, 5.41) is 20.6. The van der Waals surface area contributed by atoms with Crippen LogP contribution in [0, 0.1) is 6.92 Å². The molecule has 0 aliphatic carbocycles. The van der Waals surface area contributed by atoms with Crippen LogP contribution in [0.25, 0.3) is 22.2 Å². The summed E-state index contributed by atoms with van der Waals surface area (Å²) in [6.07, 6.45) is 2.23. The fraction of sp³-hybridized carbons (Fsp3) is 0.333. The van der Waals surface area contributed by atoms with Gasteiger partial charge in [-0.3, -0.25) is 0 Å². The maximum absolute atomic E-state index is 9.89. The quantitative estimate of drug-likeness (QED) is 0.656. The van der Waals surface area contributed by atoms with Gasteiger partial charge in [-0.25, -0.2) is 0 Å². The summed E-state index contributed by atoms with van der Waals surface area (Å²) in [5.74, 6) is 0.560. The van der Waals surface area contributed by atoms with E-state index in [2.05, 4.69) is 30.5 Å². The number of aryl methyl sites for hydroxylation is 2. The van der Waals surface area contributed by atoms with Gasteiger partial charge < -0.3 is 19.7 Å². The van der Waals surface area contributed by atoms with Gasteiger partial charge >= 0.3 is 0 Å². The second kappa shape index (κ2) is 7.19. The molecule has 0 spiro atoms. The number of aromatic hydroxyl groups is 2. The number of hydrogen-bond acceptors (Lipinski definition) is 3. The van der Waals surface area contributed by atoms with Gasteiger partial charge in [-0.15, -0.1) is 0 Å². The van der Waals surface area contributed by atoms with Crippen LogP contribution in [0.3, 0.4) is 0 Å². The molecule has 1 heterocycles. The summed E-state index contributed by atoms with van der Waals surface area (Å²) < 4.78 is 2.34. The van der Waals surface area contributed by atoms with Crippen molar-refractivity contribution in [3.63, 3.8) is 0 Å². The van der Waals surface area contributed by atoms with E-state index < -0.39 is 0 Å². The molecule has 0 saturated heterocycles. The van der Waals surface area contributed by atoms with Gasteiger partial charge in [-0.2, -0.15) is 0 Å². The van der Waals surface area contributed by atoms with Crippen LogP contribution in [0.5, 0.6) is 11.5 Å². The first-order chi connectivity index (χ1) is 12.0. The molecule has 3 rings (SSSR count). The molecule has 0 saturated carbocycles. The van der Waals surface area contributed by atoms with E-state index in [1.807, 2.05) is 24.3 Å². The van der Waals surface area contributed by atoms with Crippen LogP contribution in [0.15, 0.2) is 42.5 Å². The highest BCUT2D eigenvalue weighted by molar-refractivity contribution is 5.92. The minimum atomic E-state index is 0.271. The van der Waals surface area contributed by atoms with Crippen molar-refractivity contribution in [3.05, 3.63) is 48.0 Å². The van der Waals surface area contributed by atoms with Gasteiger partial charge in [-0.1, -0.05) is 0 Å². The maximum Gasteiger partial charge on any atom is 0.116 e. The number of rotatable bonds is 6. The zero-order chi connectivity index (χ0) is 18.0. The number of aromatic nitrogens is 1. The molecular formula is C21H26N2O2. The molecule has 0 radical (unpaired) electrons. The number of nitrogens with zero attached hydrogens (tertiary/aromatic N) is 2. The van der Waals surface area contributed by atoms with Crippen LogP contribution in [0.1, 0.15) is 18.4 Å². The van der Waals surface area contributed by atoms with Gasteiger partial charge in [-0.05, 0) is 94.0 Å². The molecule has 0 bridgehead atoms. The Bertz CT molecular complexity index is 864. The van der Waals surface area contributed by atoms with Crippen molar-refractivity contribution >= 4 is 10.9 Å². The van der Waals surface area contributed by atoms with E-state index in [-0.39, 0.29) is 11.5 Å². The van der Waals surface area contributed by atoms with E-state index in [0.717, 1.165) is 53.7 Å². The summed E-state index contributed by atoms with van der Waals surface area (Å²) in [5.41, 5.74) is 4.54. The smallest absolute Gasteiger partial charge is 0.116 e. The monoisotopic (exact) mass is 338 g/mol. The van der Waals surface area contributed by atoms with Gasteiger partial charge in [0.2, 0.25) is 0 Å². The van der Waals surface area contributed by atoms with E-state index >= 15 is 0 Å². The normalized spacial score (nSPS) is 11.5. The standard InChI is InChI=1S/C21H26N2O2/c1-15-19-14-18(25)10-11-20(19)23(13-5-4-12-22(2)3)21(15)16-6-8-17(24)9-7-16/h6-11,14,24-25H,4-5,12-13H2,1-3H3. The second-order valence-corrected chi connectivity index (χ2v) is 6.88. The van der Waals surface area contributed by atoms with Crippen LogP contribution in [-0.2, 0) is 6.54 Å². The lowest BCUT2D eigenvalue weighted by Crippen LogP contribution is -2.13. The van der Waals surface area contributed by atoms with Crippen LogP contribution < -0.4 is 0 Å². The molecule has 1 aromatic heterocycles. The molecule has 4 nitrogen and oxygen atoms in total. The van der Waals surface area contributed by atoms with Crippen molar-refractivity contribution in [2.24, 2.45) is 0 Å². The lowest BCUT2D eigenvalue weighted by atomic mass is 10.1. The Morgan fingerprint density at radius 3 is 2.28 bits per heavy atom. The highest BCUT2D eigenvalue weighted by Crippen LogP contribution is 2.35. The Morgan fingerprint density at radius 1 is 0.920 bits per heavy atom. The van der Waals surface area contributed by atoms with Gasteiger partial charge in [0, 0.05) is 17.4 Å². The minimum absolute atomic E-state index is 0.271. The summed E-state index contributed by atoms with van der Waals surface area (Å²) in [4.78, 5) is 2.21. The summed E-state index contributed by atoms with van der Waals surface area (Å²) in [7, 11) is 4.19. The van der Waals surface area contributed by atoms with E-state index in [4.69, 9.17) is 0 Å². The lowest BCUT2D eigenvalue weighted by molar-refractivity contribution is 0.388. The SMILES string of the molecule is Cc1c(-c2ccc(O)cc2)n(CCCCN(C)C)c2ccc(O)cc12. The molecule has 0 atom stereocenters. The zero-order valence-corrected chi connectivity index (χ0v) is 15.2. The van der Waals surface area contributed by atoms with Gasteiger partial charge in [0.05, 0.1) is 5.69 Å². The molecule has 4 heteroatoms. The first-order valence-corrected chi connectivity index (χ1v) is 8.73. The van der Waals surface area contributed by atoms with E-state index in [0.29, 0.717) is 0 Å². The molecule has 0 fully saturated rings. The van der Waals surface area contributed by atoms with Gasteiger partial charge in [0.25, 0.3) is 0 Å². The zero-order valence-electron chi connectivity index (χ0n) is 15.2. The van der Waals surface area contributed by atoms with E-state index in [1.54, 1.807) is 18.2 Å². The average molecular weight is 338 g/mol. The number of unbranched alkanes of at least 4 members (excludes halogenated alkanes) is 1. The fourth-order valence-electron chi connectivity index (χ4n) is 3.43. The number of hydrogen-bond donors (Lipinski definition) is 2. The third-order valence-electron chi connectivity index (χ3n) is 4.68. The molecular weight excluding hydrogens is 312 g/mol. The van der Waals surface area contributed by atoms with Crippen molar-refractivity contribution in [3.8, 4) is 22.8 Å². The Hall–Kier alpha value is -2.46. The lowest BCUT2D eigenvalue weighted by Gasteiger charge is -2.14. The van der Waals surface area contributed by atoms with Crippen LogP contribution in [0.2, 0.25) is 0 Å². The largest absolute Gasteiger partial charge is 0.508 e. The molecule has 3 aromatic rings. The molecule has 2 aromatic carbocycles. The van der Waals surface area contributed by atoms with Crippen molar-refractivity contribution in [1.82, 2.24) is 9.47 Å². The molecule has 25 heavy (non-hydrogen) atoms. The number of benzene rings is 2. The first kappa shape index (κ1) is 17.4. The Balaban J connectivity index is 2.05. The van der Waals surface area contributed by atoms with E-state index in [1.165, 1.54) is 0 Å². The molecule has 0 aliphatic heterocycles. The van der Waals surface area contributed by atoms with Crippen LogP contribution in [0.4, 0.5) is 0 Å². The van der Waals surface area contributed by atoms with Crippen LogP contribution in [-0.4, -0.2) is 40.3 Å². The predicted molar refractivity (Wildman–Crippen MR) is 103 cm³/mol. The van der Waals surface area contributed by atoms with Gasteiger partial charge in [0.1, 0.15) is 11.5 Å². The van der Waals surface area contributed by atoms with Crippen molar-refractivity contribution in [2.75, 3.05) is 20.6 Å². The van der Waals surface area contributed by atoms with Gasteiger partial charge in [0.15, 0.2) is 0 Å².